The van der Waals surface area contributed by atoms with Crippen molar-refractivity contribution in [1.29, 1.82) is 0 Å². The van der Waals surface area contributed by atoms with Crippen molar-refractivity contribution in [2.45, 2.75) is 112 Å². The highest BCUT2D eigenvalue weighted by molar-refractivity contribution is 5.58. The van der Waals surface area contributed by atoms with E-state index in [0.717, 1.165) is 117 Å². The normalized spacial score (nSPS) is 12.7. The van der Waals surface area contributed by atoms with E-state index in [9.17, 15) is 4.79 Å². The summed E-state index contributed by atoms with van der Waals surface area (Å²) in [6.07, 6.45) is 13.6. The summed E-state index contributed by atoms with van der Waals surface area (Å²) in [5, 5.41) is 5.05. The number of hydrogen-bond acceptors (Lipinski definition) is 4. The third-order valence-electron chi connectivity index (χ3n) is 7.46. The molecule has 38 heavy (non-hydrogen) atoms. The average Bonchev–Trinajstić information content (AvgIpc) is 3.25. The molecule has 1 aromatic carbocycles. The van der Waals surface area contributed by atoms with Gasteiger partial charge in [-0.05, 0) is 83.1 Å². The van der Waals surface area contributed by atoms with Crippen LogP contribution in [0.15, 0.2) is 28.0 Å². The monoisotopic (exact) mass is 519 g/mol. The Morgan fingerprint density at radius 3 is 2.26 bits per heavy atom. The number of aromatic amines is 1. The molecule has 3 aromatic rings. The standard InChI is InChI=1S/C32H49N5O/c1-7-12-15-18-26-28(19-16-13-8-2)34-31-30(29(20-17-14-9-3)35-37(31)32(26)38)33-27-22-21-25(23-24(27)6)36(10-4)11-5/h20-23,35H,7-19H2,1-6H3/b29-20+,33-30?. The highest BCUT2D eigenvalue weighted by Crippen LogP contribution is 2.24. The van der Waals surface area contributed by atoms with Gasteiger partial charge < -0.3 is 4.90 Å². The van der Waals surface area contributed by atoms with Crippen LogP contribution in [0.5, 0.6) is 0 Å². The second kappa shape index (κ2) is 14.9. The molecular weight excluding hydrogens is 470 g/mol. The van der Waals surface area contributed by atoms with Crippen molar-refractivity contribution >= 4 is 23.1 Å². The molecule has 0 unspecified atom stereocenters. The van der Waals surface area contributed by atoms with E-state index in [1.807, 2.05) is 0 Å². The summed E-state index contributed by atoms with van der Waals surface area (Å²) in [4.78, 5) is 26.4. The van der Waals surface area contributed by atoms with E-state index in [1.165, 1.54) is 5.69 Å². The zero-order valence-corrected chi connectivity index (χ0v) is 24.7. The van der Waals surface area contributed by atoms with Crippen molar-refractivity contribution in [3.05, 3.63) is 56.1 Å². The van der Waals surface area contributed by atoms with Crippen molar-refractivity contribution < 1.29 is 0 Å². The van der Waals surface area contributed by atoms with Crippen LogP contribution in [0.3, 0.4) is 0 Å². The Morgan fingerprint density at radius 2 is 1.63 bits per heavy atom. The lowest BCUT2D eigenvalue weighted by atomic mass is 10.0. The molecule has 0 atom stereocenters. The minimum Gasteiger partial charge on any atom is -0.372 e. The topological polar surface area (TPSA) is 65.8 Å². The zero-order valence-electron chi connectivity index (χ0n) is 24.7. The molecule has 0 spiro atoms. The summed E-state index contributed by atoms with van der Waals surface area (Å²) in [6, 6.07) is 6.46. The minimum absolute atomic E-state index is 0.0396. The maximum atomic E-state index is 13.8. The molecule has 3 rings (SSSR count). The number of unbranched alkanes of at least 4 members (excludes halogenated alkanes) is 6. The Labute approximate surface area is 228 Å². The van der Waals surface area contributed by atoms with Gasteiger partial charge in [-0.1, -0.05) is 59.0 Å². The fraction of sp³-hybridized carbons (Fsp3) is 0.594. The van der Waals surface area contributed by atoms with Gasteiger partial charge in [-0.2, -0.15) is 4.52 Å². The highest BCUT2D eigenvalue weighted by atomic mass is 16.1. The summed E-state index contributed by atoms with van der Waals surface area (Å²) >= 11 is 0. The molecule has 0 radical (unpaired) electrons. The lowest BCUT2D eigenvalue weighted by Crippen LogP contribution is -2.24. The van der Waals surface area contributed by atoms with Crippen molar-refractivity contribution in [1.82, 2.24) is 14.6 Å². The minimum atomic E-state index is 0.0396. The van der Waals surface area contributed by atoms with E-state index in [2.05, 4.69) is 75.8 Å². The summed E-state index contributed by atoms with van der Waals surface area (Å²) in [6.45, 7) is 15.0. The number of H-pyrrole nitrogens is 1. The number of aromatic nitrogens is 3. The van der Waals surface area contributed by atoms with Gasteiger partial charge in [0.05, 0.1) is 16.7 Å². The number of nitrogens with one attached hydrogen (secondary N) is 1. The first-order valence-corrected chi connectivity index (χ1v) is 15.1. The molecule has 0 saturated heterocycles. The van der Waals surface area contributed by atoms with Gasteiger partial charge in [0.2, 0.25) is 0 Å². The molecule has 0 amide bonds. The predicted octanol–water partition coefficient (Wildman–Crippen LogP) is 6.56. The number of benzene rings is 1. The van der Waals surface area contributed by atoms with Crippen LogP contribution in [-0.4, -0.2) is 27.7 Å². The average molecular weight is 520 g/mol. The second-order valence-electron chi connectivity index (χ2n) is 10.4. The van der Waals surface area contributed by atoms with Crippen molar-refractivity contribution in [3.8, 4) is 0 Å². The van der Waals surface area contributed by atoms with Crippen LogP contribution in [0.25, 0.3) is 11.7 Å². The van der Waals surface area contributed by atoms with Crippen LogP contribution >= 0.6 is 0 Å². The van der Waals surface area contributed by atoms with Crippen molar-refractivity contribution in [2.24, 2.45) is 4.99 Å². The third-order valence-corrected chi connectivity index (χ3v) is 7.46. The van der Waals surface area contributed by atoms with E-state index < -0.39 is 0 Å². The van der Waals surface area contributed by atoms with Gasteiger partial charge in [-0.25, -0.2) is 9.98 Å². The second-order valence-corrected chi connectivity index (χ2v) is 10.4. The van der Waals surface area contributed by atoms with Crippen LogP contribution in [0.2, 0.25) is 0 Å². The first-order chi connectivity index (χ1) is 18.5. The first kappa shape index (κ1) is 29.7. The van der Waals surface area contributed by atoms with Crippen LogP contribution in [0.4, 0.5) is 11.4 Å². The summed E-state index contributed by atoms with van der Waals surface area (Å²) in [5.41, 5.74) is 5.78. The molecule has 2 heterocycles. The van der Waals surface area contributed by atoms with Gasteiger partial charge in [0, 0.05) is 24.3 Å². The zero-order chi connectivity index (χ0) is 27.5. The van der Waals surface area contributed by atoms with Gasteiger partial charge in [-0.15, -0.1) is 0 Å². The van der Waals surface area contributed by atoms with Gasteiger partial charge in [0.25, 0.3) is 5.56 Å². The van der Waals surface area contributed by atoms with Gasteiger partial charge >= 0.3 is 0 Å². The molecule has 0 aliphatic rings. The van der Waals surface area contributed by atoms with Gasteiger partial charge in [0.15, 0.2) is 5.65 Å². The Balaban J connectivity index is 2.24. The maximum absolute atomic E-state index is 13.8. The molecule has 6 nitrogen and oxygen atoms in total. The Hall–Kier alpha value is -2.89. The number of aryl methyl sites for hydroxylation is 2. The van der Waals surface area contributed by atoms with Crippen LogP contribution in [0.1, 0.15) is 109 Å². The molecule has 0 fully saturated rings. The summed E-state index contributed by atoms with van der Waals surface area (Å²) < 4.78 is 1.65. The maximum Gasteiger partial charge on any atom is 0.276 e. The molecule has 0 aliphatic carbocycles. The smallest absolute Gasteiger partial charge is 0.276 e. The Bertz CT molecular complexity index is 1350. The fourth-order valence-electron chi connectivity index (χ4n) is 5.08. The lowest BCUT2D eigenvalue weighted by Gasteiger charge is -2.21. The van der Waals surface area contributed by atoms with Gasteiger partial charge in [0.1, 0.15) is 5.36 Å². The lowest BCUT2D eigenvalue weighted by molar-refractivity contribution is 0.672. The molecular formula is C32H49N5O. The Kier molecular flexibility index (Phi) is 11.6. The molecule has 2 aromatic heterocycles. The molecule has 0 aliphatic heterocycles. The number of fused-ring (bicyclic) bond motifs is 1. The summed E-state index contributed by atoms with van der Waals surface area (Å²) in [5.74, 6) is 0. The number of hydrogen-bond donors (Lipinski definition) is 1. The van der Waals surface area contributed by atoms with Crippen molar-refractivity contribution in [3.63, 3.8) is 0 Å². The molecule has 6 heteroatoms. The van der Waals surface area contributed by atoms with Gasteiger partial charge in [-0.3, -0.25) is 9.89 Å². The third kappa shape index (κ3) is 7.15. The molecule has 0 bridgehead atoms. The number of nitrogens with zero attached hydrogens (tertiary/aromatic N) is 4. The van der Waals surface area contributed by atoms with E-state index in [4.69, 9.17) is 9.98 Å². The Morgan fingerprint density at radius 1 is 0.947 bits per heavy atom. The van der Waals surface area contributed by atoms with Crippen molar-refractivity contribution in [2.75, 3.05) is 18.0 Å². The van der Waals surface area contributed by atoms with Crippen LogP contribution in [0, 0.1) is 6.92 Å². The molecule has 208 valence electrons. The number of rotatable bonds is 15. The van der Waals surface area contributed by atoms with E-state index in [0.29, 0.717) is 5.65 Å². The molecule has 0 saturated carbocycles. The largest absolute Gasteiger partial charge is 0.372 e. The van der Waals surface area contributed by atoms with E-state index in [-0.39, 0.29) is 5.56 Å². The van der Waals surface area contributed by atoms with E-state index in [1.54, 1.807) is 4.52 Å². The first-order valence-electron chi connectivity index (χ1n) is 15.1. The SMILES string of the molecule is CCCC/C=c1/[nH]n2c(=O)c(CCCCC)c(CCCCC)nc2c1=Nc1ccc(N(CC)CC)cc1C. The van der Waals surface area contributed by atoms with E-state index >= 15 is 0 Å². The molecule has 1 N–H and O–H groups in total. The quantitative estimate of drug-likeness (QED) is 0.231. The number of anilines is 1. The fourth-order valence-corrected chi connectivity index (χ4v) is 5.08. The highest BCUT2D eigenvalue weighted by Gasteiger charge is 2.16. The van der Waals surface area contributed by atoms with Crippen LogP contribution < -0.4 is 21.2 Å². The summed E-state index contributed by atoms with van der Waals surface area (Å²) in [7, 11) is 0. The van der Waals surface area contributed by atoms with Crippen LogP contribution in [-0.2, 0) is 12.8 Å². The predicted molar refractivity (Wildman–Crippen MR) is 161 cm³/mol.